The molecule has 2 atom stereocenters. The van der Waals surface area contributed by atoms with Gasteiger partial charge in [-0.1, -0.05) is 0 Å². The summed E-state index contributed by atoms with van der Waals surface area (Å²) in [6.07, 6.45) is 2.53. The van der Waals surface area contributed by atoms with E-state index in [0.717, 1.165) is 6.07 Å². The first-order valence-electron chi connectivity index (χ1n) is 8.60. The van der Waals surface area contributed by atoms with Crippen LogP contribution >= 0.6 is 0 Å². The number of methoxy groups -OCH3 is 1. The zero-order valence-electron chi connectivity index (χ0n) is 16.0. The highest BCUT2D eigenvalue weighted by Gasteiger charge is 2.42. The molecule has 1 amide bonds. The molecule has 0 radical (unpaired) electrons. The Morgan fingerprint density at radius 3 is 2.66 bits per heavy atom. The van der Waals surface area contributed by atoms with Crippen LogP contribution in [0.5, 0.6) is 5.88 Å². The molecule has 1 aromatic heterocycles. The third kappa shape index (κ3) is 4.04. The van der Waals surface area contributed by atoms with Gasteiger partial charge >= 0.3 is 0 Å². The van der Waals surface area contributed by atoms with E-state index in [-0.39, 0.29) is 28.7 Å². The van der Waals surface area contributed by atoms with E-state index in [1.807, 2.05) is 0 Å². The summed E-state index contributed by atoms with van der Waals surface area (Å²) in [7, 11) is -2.19. The molecule has 2 heterocycles. The molecular weight excluding hydrogens is 401 g/mol. The number of sulfone groups is 1. The summed E-state index contributed by atoms with van der Waals surface area (Å²) in [6, 6.07) is 3.82. The number of carbonyl (C=O) groups is 1. The van der Waals surface area contributed by atoms with Crippen molar-refractivity contribution in [3.63, 3.8) is 0 Å². The van der Waals surface area contributed by atoms with Gasteiger partial charge in [0.05, 0.1) is 25.3 Å². The van der Waals surface area contributed by atoms with E-state index in [2.05, 4.69) is 20.3 Å². The zero-order valence-corrected chi connectivity index (χ0v) is 16.8. The summed E-state index contributed by atoms with van der Waals surface area (Å²) < 4.78 is 44.3. The Morgan fingerprint density at radius 2 is 2.07 bits per heavy atom. The van der Waals surface area contributed by atoms with Gasteiger partial charge in [-0.25, -0.2) is 22.8 Å². The van der Waals surface area contributed by atoms with Crippen LogP contribution in [0.1, 0.15) is 29.9 Å². The average molecular weight is 421 g/mol. The minimum Gasteiger partial charge on any atom is -0.480 e. The first-order valence-corrected chi connectivity index (χ1v) is 10.3. The van der Waals surface area contributed by atoms with Crippen LogP contribution in [0.2, 0.25) is 0 Å². The number of halogens is 1. The normalized spacial score (nSPS) is 23.2. The van der Waals surface area contributed by atoms with Crippen LogP contribution in [0.25, 0.3) is 0 Å². The van der Waals surface area contributed by atoms with Gasteiger partial charge < -0.3 is 15.8 Å². The van der Waals surface area contributed by atoms with Gasteiger partial charge in [-0.15, -0.1) is 0 Å². The van der Waals surface area contributed by atoms with Gasteiger partial charge in [0.1, 0.15) is 28.1 Å². The van der Waals surface area contributed by atoms with Crippen molar-refractivity contribution in [3.8, 4) is 5.88 Å². The first kappa shape index (κ1) is 20.6. The number of benzene rings is 1. The fourth-order valence-corrected chi connectivity index (χ4v) is 4.67. The largest absolute Gasteiger partial charge is 0.480 e. The second-order valence-electron chi connectivity index (χ2n) is 6.85. The number of hydrogen-bond donors (Lipinski definition) is 2. The number of ether oxygens (including phenoxy) is 1. The molecule has 3 N–H and O–H groups in total. The van der Waals surface area contributed by atoms with E-state index in [0.29, 0.717) is 0 Å². The van der Waals surface area contributed by atoms with Gasteiger partial charge in [-0.2, -0.15) is 0 Å². The Kier molecular flexibility index (Phi) is 5.26. The summed E-state index contributed by atoms with van der Waals surface area (Å²) in [5.74, 6) is -1.46. The third-order valence-electron chi connectivity index (χ3n) is 4.69. The fourth-order valence-electron chi connectivity index (χ4n) is 3.00. The van der Waals surface area contributed by atoms with Gasteiger partial charge in [0.15, 0.2) is 9.84 Å². The summed E-state index contributed by atoms with van der Waals surface area (Å²) in [4.78, 5) is 24.5. The molecule has 29 heavy (non-hydrogen) atoms. The Bertz CT molecular complexity index is 1090. The molecule has 3 rings (SSSR count). The van der Waals surface area contributed by atoms with Crippen molar-refractivity contribution < 1.29 is 22.3 Å². The van der Waals surface area contributed by atoms with Crippen molar-refractivity contribution in [3.05, 3.63) is 47.7 Å². The van der Waals surface area contributed by atoms with E-state index < -0.39 is 38.1 Å². The molecule has 2 aromatic rings. The van der Waals surface area contributed by atoms with Crippen LogP contribution in [0.3, 0.4) is 0 Å². The van der Waals surface area contributed by atoms with Crippen molar-refractivity contribution in [1.29, 1.82) is 0 Å². The van der Waals surface area contributed by atoms with E-state index in [1.165, 1.54) is 45.5 Å². The smallest absolute Gasteiger partial charge is 0.275 e. The number of nitrogens with zero attached hydrogens (tertiary/aromatic N) is 3. The van der Waals surface area contributed by atoms with Gasteiger partial charge in [0, 0.05) is 11.3 Å². The SMILES string of the molecule is COc1cnc(C(=O)Nc2ccc(F)c([C@]3(C)CS(=O)(=O)[C@H](C)C(N)=N3)c2)cn1. The zero-order chi connectivity index (χ0) is 21.4. The number of aliphatic imine (C=N–C) groups is 1. The molecule has 0 fully saturated rings. The number of hydrogen-bond acceptors (Lipinski definition) is 8. The van der Waals surface area contributed by atoms with Gasteiger partial charge in [-0.05, 0) is 32.0 Å². The van der Waals surface area contributed by atoms with Crippen LogP contribution < -0.4 is 15.8 Å². The lowest BCUT2D eigenvalue weighted by atomic mass is 9.93. The predicted molar refractivity (Wildman–Crippen MR) is 105 cm³/mol. The Balaban J connectivity index is 1.93. The van der Waals surface area contributed by atoms with Crippen LogP contribution in [-0.4, -0.2) is 48.2 Å². The summed E-state index contributed by atoms with van der Waals surface area (Å²) >= 11 is 0. The van der Waals surface area contributed by atoms with Crippen LogP contribution in [0.15, 0.2) is 35.6 Å². The van der Waals surface area contributed by atoms with Gasteiger partial charge in [0.2, 0.25) is 5.88 Å². The molecule has 1 aromatic carbocycles. The van der Waals surface area contributed by atoms with Gasteiger partial charge in [-0.3, -0.25) is 9.79 Å². The van der Waals surface area contributed by atoms with Crippen molar-refractivity contribution in [2.24, 2.45) is 10.7 Å². The number of aromatic nitrogens is 2. The molecule has 154 valence electrons. The number of amides is 1. The molecular formula is C18H20FN5O4S. The molecule has 0 spiro atoms. The second-order valence-corrected chi connectivity index (χ2v) is 9.17. The fraction of sp³-hybridized carbons (Fsp3) is 0.333. The third-order valence-corrected chi connectivity index (χ3v) is 6.97. The Morgan fingerprint density at radius 1 is 1.34 bits per heavy atom. The predicted octanol–water partition coefficient (Wildman–Crippen LogP) is 1.27. The standard InChI is InChI=1S/C18H20FN5O4S/c1-10-16(20)24-18(2,9-29(10,26)27)12-6-11(4-5-13(12)19)23-17(25)14-7-22-15(28-3)8-21-14/h4-8,10H,9H2,1-3H3,(H2,20,24)(H,23,25)/t10-,18+/m1/s1. The summed E-state index contributed by atoms with van der Waals surface area (Å²) in [5.41, 5.74) is 4.65. The topological polar surface area (TPSA) is 137 Å². The molecule has 0 saturated carbocycles. The highest BCUT2D eigenvalue weighted by Crippen LogP contribution is 2.35. The average Bonchev–Trinajstić information content (AvgIpc) is 2.67. The van der Waals surface area contributed by atoms with E-state index in [9.17, 15) is 17.6 Å². The molecule has 0 bridgehead atoms. The number of anilines is 1. The quantitative estimate of drug-likeness (QED) is 0.758. The van der Waals surface area contributed by atoms with Crippen LogP contribution in [0, 0.1) is 5.82 Å². The Labute approximate surface area is 167 Å². The van der Waals surface area contributed by atoms with Crippen molar-refractivity contribution in [1.82, 2.24) is 9.97 Å². The number of rotatable bonds is 4. The second kappa shape index (κ2) is 7.39. The molecule has 1 aliphatic heterocycles. The maximum absolute atomic E-state index is 14.6. The highest BCUT2D eigenvalue weighted by molar-refractivity contribution is 7.92. The highest BCUT2D eigenvalue weighted by atomic mass is 32.2. The first-order chi connectivity index (χ1) is 13.6. The minimum absolute atomic E-state index is 0.00883. The summed E-state index contributed by atoms with van der Waals surface area (Å²) in [6.45, 7) is 2.93. The van der Waals surface area contributed by atoms with Crippen molar-refractivity contribution >= 4 is 27.3 Å². The monoisotopic (exact) mass is 421 g/mol. The maximum Gasteiger partial charge on any atom is 0.275 e. The molecule has 1 aliphatic rings. The lowest BCUT2D eigenvalue weighted by Crippen LogP contribution is -2.47. The van der Waals surface area contributed by atoms with Crippen molar-refractivity contribution in [2.45, 2.75) is 24.6 Å². The van der Waals surface area contributed by atoms with E-state index in [4.69, 9.17) is 10.5 Å². The summed E-state index contributed by atoms with van der Waals surface area (Å²) in [5, 5.41) is 1.65. The number of carbonyl (C=O) groups excluding carboxylic acids is 1. The lowest BCUT2D eigenvalue weighted by molar-refractivity contribution is 0.102. The number of nitrogens with two attached hydrogens (primary N) is 1. The molecule has 9 nitrogen and oxygen atoms in total. The molecule has 11 heteroatoms. The minimum atomic E-state index is -3.61. The van der Waals surface area contributed by atoms with E-state index in [1.54, 1.807) is 0 Å². The maximum atomic E-state index is 14.6. The van der Waals surface area contributed by atoms with Crippen LogP contribution in [0.4, 0.5) is 10.1 Å². The van der Waals surface area contributed by atoms with Crippen molar-refractivity contribution in [2.75, 3.05) is 18.2 Å². The Hall–Kier alpha value is -3.08. The molecule has 0 unspecified atom stereocenters. The van der Waals surface area contributed by atoms with Gasteiger partial charge in [0.25, 0.3) is 5.91 Å². The molecule has 0 aliphatic carbocycles. The van der Waals surface area contributed by atoms with Crippen LogP contribution in [-0.2, 0) is 15.4 Å². The lowest BCUT2D eigenvalue weighted by Gasteiger charge is -2.33. The van der Waals surface area contributed by atoms with E-state index >= 15 is 0 Å². The number of amidine groups is 1. The number of nitrogens with one attached hydrogen (secondary N) is 1. The molecule has 0 saturated heterocycles.